The first-order valence-electron chi connectivity index (χ1n) is 5.84. The lowest BCUT2D eigenvalue weighted by atomic mass is 10.2. The van der Waals surface area contributed by atoms with E-state index in [2.05, 4.69) is 15.7 Å². The monoisotopic (exact) mass is 278 g/mol. The fourth-order valence-electron chi connectivity index (χ4n) is 1.72. The SMILES string of the molecule is Cc1cc(NC(=O)NCc2cccc(Cl)c2)n(C)n1. The zero-order valence-corrected chi connectivity index (χ0v) is 11.5. The number of benzene rings is 1. The van der Waals surface area contributed by atoms with Gasteiger partial charge in [-0.3, -0.25) is 10.00 Å². The van der Waals surface area contributed by atoms with Crippen molar-refractivity contribution in [3.8, 4) is 0 Å². The number of anilines is 1. The lowest BCUT2D eigenvalue weighted by Gasteiger charge is -2.07. The molecule has 0 aliphatic carbocycles. The predicted molar refractivity (Wildman–Crippen MR) is 75.3 cm³/mol. The highest BCUT2D eigenvalue weighted by Crippen LogP contribution is 2.11. The van der Waals surface area contributed by atoms with E-state index in [1.807, 2.05) is 25.1 Å². The van der Waals surface area contributed by atoms with Gasteiger partial charge in [0.25, 0.3) is 0 Å². The zero-order chi connectivity index (χ0) is 13.8. The maximum absolute atomic E-state index is 11.7. The summed E-state index contributed by atoms with van der Waals surface area (Å²) >= 11 is 5.87. The third kappa shape index (κ3) is 3.72. The van der Waals surface area contributed by atoms with E-state index in [4.69, 9.17) is 11.6 Å². The summed E-state index contributed by atoms with van der Waals surface area (Å²) < 4.78 is 1.62. The van der Waals surface area contributed by atoms with Crippen molar-refractivity contribution in [1.29, 1.82) is 0 Å². The third-order valence-electron chi connectivity index (χ3n) is 2.59. The average Bonchev–Trinajstić information content (AvgIpc) is 2.65. The third-order valence-corrected chi connectivity index (χ3v) is 2.82. The summed E-state index contributed by atoms with van der Waals surface area (Å²) in [5, 5.41) is 10.3. The number of halogens is 1. The first-order chi connectivity index (χ1) is 9.04. The molecule has 1 aromatic heterocycles. The summed E-state index contributed by atoms with van der Waals surface area (Å²) in [6, 6.07) is 8.89. The molecule has 6 heteroatoms. The largest absolute Gasteiger partial charge is 0.334 e. The molecule has 1 heterocycles. The van der Waals surface area contributed by atoms with E-state index in [1.165, 1.54) is 0 Å². The molecule has 0 bridgehead atoms. The van der Waals surface area contributed by atoms with Gasteiger partial charge >= 0.3 is 6.03 Å². The van der Waals surface area contributed by atoms with Gasteiger partial charge in [-0.05, 0) is 24.6 Å². The number of rotatable bonds is 3. The van der Waals surface area contributed by atoms with Crippen molar-refractivity contribution in [2.75, 3.05) is 5.32 Å². The molecule has 1 aromatic carbocycles. The molecule has 100 valence electrons. The van der Waals surface area contributed by atoms with Crippen LogP contribution < -0.4 is 10.6 Å². The fourth-order valence-corrected chi connectivity index (χ4v) is 1.93. The average molecular weight is 279 g/mol. The Morgan fingerprint density at radius 2 is 2.21 bits per heavy atom. The molecule has 0 fully saturated rings. The Balaban J connectivity index is 1.90. The van der Waals surface area contributed by atoms with Crippen LogP contribution in [0.5, 0.6) is 0 Å². The molecule has 0 atom stereocenters. The number of urea groups is 1. The number of carbonyl (C=O) groups is 1. The van der Waals surface area contributed by atoms with Crippen molar-refractivity contribution < 1.29 is 4.79 Å². The number of aryl methyl sites for hydroxylation is 2. The Bertz CT molecular complexity index is 594. The number of nitrogens with one attached hydrogen (secondary N) is 2. The molecule has 2 rings (SSSR count). The van der Waals surface area contributed by atoms with E-state index in [1.54, 1.807) is 23.9 Å². The predicted octanol–water partition coefficient (Wildman–Crippen LogP) is 2.70. The van der Waals surface area contributed by atoms with E-state index in [-0.39, 0.29) is 6.03 Å². The number of hydrogen-bond acceptors (Lipinski definition) is 2. The van der Waals surface area contributed by atoms with Crippen LogP contribution in [0.25, 0.3) is 0 Å². The van der Waals surface area contributed by atoms with E-state index in [0.29, 0.717) is 17.4 Å². The van der Waals surface area contributed by atoms with Crippen molar-refractivity contribution >= 4 is 23.4 Å². The van der Waals surface area contributed by atoms with Gasteiger partial charge in [-0.25, -0.2) is 4.79 Å². The molecule has 0 saturated heterocycles. The minimum absolute atomic E-state index is 0.275. The van der Waals surface area contributed by atoms with Crippen molar-refractivity contribution in [1.82, 2.24) is 15.1 Å². The minimum Gasteiger partial charge on any atom is -0.334 e. The van der Waals surface area contributed by atoms with Crippen LogP contribution in [0.15, 0.2) is 30.3 Å². The van der Waals surface area contributed by atoms with E-state index in [0.717, 1.165) is 11.3 Å². The first-order valence-corrected chi connectivity index (χ1v) is 6.22. The Morgan fingerprint density at radius 1 is 1.42 bits per heavy atom. The van der Waals surface area contributed by atoms with Gasteiger partial charge in [0.05, 0.1) is 5.69 Å². The summed E-state index contributed by atoms with van der Waals surface area (Å²) in [6.45, 7) is 2.29. The second-order valence-electron chi connectivity index (χ2n) is 4.23. The Kier molecular flexibility index (Phi) is 4.06. The molecule has 0 radical (unpaired) electrons. The van der Waals surface area contributed by atoms with Crippen molar-refractivity contribution in [3.63, 3.8) is 0 Å². The summed E-state index contributed by atoms with van der Waals surface area (Å²) in [6.07, 6.45) is 0. The van der Waals surface area contributed by atoms with Crippen LogP contribution in [0, 0.1) is 6.92 Å². The van der Waals surface area contributed by atoms with Gasteiger partial charge in [-0.1, -0.05) is 23.7 Å². The van der Waals surface area contributed by atoms with Gasteiger partial charge in [0, 0.05) is 24.7 Å². The molecule has 0 unspecified atom stereocenters. The van der Waals surface area contributed by atoms with Crippen LogP contribution in [-0.4, -0.2) is 15.8 Å². The molecule has 0 aliphatic rings. The number of hydrogen-bond donors (Lipinski definition) is 2. The van der Waals surface area contributed by atoms with Gasteiger partial charge in [0.2, 0.25) is 0 Å². The Hall–Kier alpha value is -2.01. The number of nitrogens with zero attached hydrogens (tertiary/aromatic N) is 2. The Labute approximate surface area is 116 Å². The first kappa shape index (κ1) is 13.4. The smallest absolute Gasteiger partial charge is 0.320 e. The molecule has 0 saturated carbocycles. The molecule has 0 spiro atoms. The normalized spacial score (nSPS) is 10.3. The van der Waals surface area contributed by atoms with Crippen LogP contribution in [0.2, 0.25) is 5.02 Å². The molecule has 2 aromatic rings. The maximum Gasteiger partial charge on any atom is 0.320 e. The van der Waals surface area contributed by atoms with Crippen molar-refractivity contribution in [2.45, 2.75) is 13.5 Å². The van der Waals surface area contributed by atoms with Crippen LogP contribution in [-0.2, 0) is 13.6 Å². The molecule has 2 N–H and O–H groups in total. The molecular formula is C13H15ClN4O. The van der Waals surface area contributed by atoms with E-state index in [9.17, 15) is 4.79 Å². The van der Waals surface area contributed by atoms with E-state index >= 15 is 0 Å². The molecule has 0 aliphatic heterocycles. The van der Waals surface area contributed by atoms with E-state index < -0.39 is 0 Å². The van der Waals surface area contributed by atoms with Crippen LogP contribution in [0.1, 0.15) is 11.3 Å². The topological polar surface area (TPSA) is 59.0 Å². The molecule has 19 heavy (non-hydrogen) atoms. The van der Waals surface area contributed by atoms with Gasteiger partial charge in [-0.15, -0.1) is 0 Å². The summed E-state index contributed by atoms with van der Waals surface area (Å²) in [4.78, 5) is 11.7. The number of amides is 2. The summed E-state index contributed by atoms with van der Waals surface area (Å²) in [5.74, 6) is 0.654. The lowest BCUT2D eigenvalue weighted by Crippen LogP contribution is -2.29. The van der Waals surface area contributed by atoms with Crippen LogP contribution in [0.3, 0.4) is 0 Å². The number of carbonyl (C=O) groups excluding carboxylic acids is 1. The van der Waals surface area contributed by atoms with Gasteiger partial charge in [0.1, 0.15) is 5.82 Å². The standard InChI is InChI=1S/C13H15ClN4O/c1-9-6-12(18(2)17-9)16-13(19)15-8-10-4-3-5-11(14)7-10/h3-7H,8H2,1-2H3,(H2,15,16,19). The summed E-state index contributed by atoms with van der Waals surface area (Å²) in [7, 11) is 1.78. The highest BCUT2D eigenvalue weighted by molar-refractivity contribution is 6.30. The van der Waals surface area contributed by atoms with Gasteiger partial charge < -0.3 is 5.32 Å². The maximum atomic E-state index is 11.7. The van der Waals surface area contributed by atoms with Gasteiger partial charge in [-0.2, -0.15) is 5.10 Å². The second-order valence-corrected chi connectivity index (χ2v) is 4.67. The quantitative estimate of drug-likeness (QED) is 0.907. The van der Waals surface area contributed by atoms with Crippen LogP contribution in [0.4, 0.5) is 10.6 Å². The van der Waals surface area contributed by atoms with Crippen LogP contribution >= 0.6 is 11.6 Å². The highest BCUT2D eigenvalue weighted by atomic mass is 35.5. The zero-order valence-electron chi connectivity index (χ0n) is 10.8. The molecule has 2 amide bonds. The number of aromatic nitrogens is 2. The molecular weight excluding hydrogens is 264 g/mol. The minimum atomic E-state index is -0.275. The second kappa shape index (κ2) is 5.75. The highest BCUT2D eigenvalue weighted by Gasteiger charge is 2.06. The summed E-state index contributed by atoms with van der Waals surface area (Å²) in [5.41, 5.74) is 1.80. The molecule has 5 nitrogen and oxygen atoms in total. The fraction of sp³-hybridized carbons (Fsp3) is 0.231. The van der Waals surface area contributed by atoms with Gasteiger partial charge in [0.15, 0.2) is 0 Å². The van der Waals surface area contributed by atoms with Crippen molar-refractivity contribution in [2.24, 2.45) is 7.05 Å². The Morgan fingerprint density at radius 3 is 2.84 bits per heavy atom. The van der Waals surface area contributed by atoms with Crippen molar-refractivity contribution in [3.05, 3.63) is 46.6 Å². The lowest BCUT2D eigenvalue weighted by molar-refractivity contribution is 0.251.